The molecule has 8 heteroatoms. The maximum atomic E-state index is 12.1. The molecule has 0 radical (unpaired) electrons. The minimum absolute atomic E-state index is 0.171. The van der Waals surface area contributed by atoms with Crippen LogP contribution in [-0.2, 0) is 4.74 Å². The molecule has 0 atom stereocenters. The molecule has 3 rings (SSSR count). The number of carbonyl (C=O) groups is 1. The molecule has 1 aliphatic heterocycles. The van der Waals surface area contributed by atoms with Gasteiger partial charge in [-0.2, -0.15) is 0 Å². The van der Waals surface area contributed by atoms with E-state index in [0.717, 1.165) is 5.57 Å². The molecule has 0 bridgehead atoms. The Morgan fingerprint density at radius 2 is 2.08 bits per heavy atom. The first-order chi connectivity index (χ1) is 11.3. The van der Waals surface area contributed by atoms with Gasteiger partial charge in [0, 0.05) is 13.1 Å². The summed E-state index contributed by atoms with van der Waals surface area (Å²) in [5.74, 6) is 0.340. The Morgan fingerprint density at radius 1 is 1.29 bits per heavy atom. The lowest BCUT2D eigenvalue weighted by molar-refractivity contribution is 0.0270. The molecule has 24 heavy (non-hydrogen) atoms. The molecule has 2 aromatic heterocycles. The number of aromatic hydroxyl groups is 1. The summed E-state index contributed by atoms with van der Waals surface area (Å²) in [5.41, 5.74) is 1.20. The standard InChI is InChI=1S/C16H19N5O3/c1-16(2,3)24-15(23)21-6-4-10(5-7-21)13-17-8-11-12(20-13)14(22)19-9-18-11/h4,8-9H,5-7H2,1-3H3,(H,18,19,22). The van der Waals surface area contributed by atoms with E-state index in [1.807, 2.05) is 26.8 Å². The number of ether oxygens (including phenoxy) is 1. The van der Waals surface area contributed by atoms with Crippen molar-refractivity contribution in [1.29, 1.82) is 0 Å². The second kappa shape index (κ2) is 6.03. The maximum absolute atomic E-state index is 12.1. The van der Waals surface area contributed by atoms with Crippen molar-refractivity contribution in [2.24, 2.45) is 0 Å². The number of hydrogen-bond acceptors (Lipinski definition) is 7. The van der Waals surface area contributed by atoms with Crippen molar-refractivity contribution in [3.05, 3.63) is 24.4 Å². The Balaban J connectivity index is 1.78. The molecule has 126 valence electrons. The van der Waals surface area contributed by atoms with Gasteiger partial charge in [0.2, 0.25) is 5.88 Å². The van der Waals surface area contributed by atoms with Gasteiger partial charge < -0.3 is 14.7 Å². The first-order valence-electron chi connectivity index (χ1n) is 7.67. The van der Waals surface area contributed by atoms with E-state index in [2.05, 4.69) is 19.9 Å². The van der Waals surface area contributed by atoms with Crippen molar-refractivity contribution in [2.45, 2.75) is 32.8 Å². The van der Waals surface area contributed by atoms with Gasteiger partial charge in [0.25, 0.3) is 0 Å². The van der Waals surface area contributed by atoms with Gasteiger partial charge in [0.1, 0.15) is 17.4 Å². The van der Waals surface area contributed by atoms with Crippen LogP contribution in [0, 0.1) is 0 Å². The van der Waals surface area contributed by atoms with Gasteiger partial charge in [-0.15, -0.1) is 0 Å². The second-order valence-corrected chi connectivity index (χ2v) is 6.53. The third kappa shape index (κ3) is 3.42. The molecule has 0 fully saturated rings. The molecule has 0 saturated heterocycles. The topological polar surface area (TPSA) is 101 Å². The van der Waals surface area contributed by atoms with Crippen LogP contribution in [-0.4, -0.2) is 54.7 Å². The molecular formula is C16H19N5O3. The maximum Gasteiger partial charge on any atom is 0.410 e. The third-order valence-corrected chi connectivity index (χ3v) is 3.51. The minimum Gasteiger partial charge on any atom is -0.492 e. The molecule has 2 aromatic rings. The van der Waals surface area contributed by atoms with E-state index in [-0.39, 0.29) is 12.0 Å². The van der Waals surface area contributed by atoms with Crippen LogP contribution in [0.2, 0.25) is 0 Å². The summed E-state index contributed by atoms with van der Waals surface area (Å²) in [4.78, 5) is 30.1. The van der Waals surface area contributed by atoms with Gasteiger partial charge in [-0.05, 0) is 32.8 Å². The number of fused-ring (bicyclic) bond motifs is 1. The lowest BCUT2D eigenvalue weighted by atomic mass is 10.1. The number of amides is 1. The molecule has 8 nitrogen and oxygen atoms in total. The van der Waals surface area contributed by atoms with Crippen molar-refractivity contribution in [1.82, 2.24) is 24.8 Å². The van der Waals surface area contributed by atoms with Crippen LogP contribution in [0.1, 0.15) is 33.0 Å². The van der Waals surface area contributed by atoms with Gasteiger partial charge in [0.15, 0.2) is 11.3 Å². The Labute approximate surface area is 139 Å². The Bertz CT molecular complexity index is 813. The van der Waals surface area contributed by atoms with E-state index < -0.39 is 5.60 Å². The van der Waals surface area contributed by atoms with Crippen LogP contribution in [0.3, 0.4) is 0 Å². The molecule has 0 aromatic carbocycles. The molecular weight excluding hydrogens is 310 g/mol. The van der Waals surface area contributed by atoms with Crippen molar-refractivity contribution in [3.8, 4) is 5.88 Å². The van der Waals surface area contributed by atoms with Crippen LogP contribution in [0.4, 0.5) is 4.79 Å². The van der Waals surface area contributed by atoms with E-state index in [1.165, 1.54) is 6.33 Å². The average Bonchev–Trinajstić information content (AvgIpc) is 2.53. The summed E-state index contributed by atoms with van der Waals surface area (Å²) in [6.07, 6.45) is 5.00. The highest BCUT2D eigenvalue weighted by Crippen LogP contribution is 2.24. The monoisotopic (exact) mass is 329 g/mol. The van der Waals surface area contributed by atoms with Crippen LogP contribution < -0.4 is 0 Å². The fourth-order valence-corrected chi connectivity index (χ4v) is 2.36. The Kier molecular flexibility index (Phi) is 4.04. The fraction of sp³-hybridized carbons (Fsp3) is 0.438. The van der Waals surface area contributed by atoms with E-state index in [0.29, 0.717) is 36.4 Å². The predicted octanol–water partition coefficient (Wildman–Crippen LogP) is 2.15. The van der Waals surface area contributed by atoms with E-state index in [4.69, 9.17) is 4.74 Å². The number of aromatic nitrogens is 4. The smallest absolute Gasteiger partial charge is 0.410 e. The molecule has 3 heterocycles. The normalized spacial score (nSPS) is 15.3. The predicted molar refractivity (Wildman–Crippen MR) is 87.2 cm³/mol. The number of rotatable bonds is 1. The summed E-state index contributed by atoms with van der Waals surface area (Å²) >= 11 is 0. The highest BCUT2D eigenvalue weighted by Gasteiger charge is 2.24. The summed E-state index contributed by atoms with van der Waals surface area (Å²) in [5, 5.41) is 9.79. The summed E-state index contributed by atoms with van der Waals surface area (Å²) in [7, 11) is 0. The largest absolute Gasteiger partial charge is 0.492 e. The second-order valence-electron chi connectivity index (χ2n) is 6.53. The van der Waals surface area contributed by atoms with E-state index in [9.17, 15) is 9.90 Å². The van der Waals surface area contributed by atoms with Crippen molar-refractivity contribution < 1.29 is 14.6 Å². The minimum atomic E-state index is -0.514. The summed E-state index contributed by atoms with van der Waals surface area (Å²) in [6, 6.07) is 0. The zero-order valence-corrected chi connectivity index (χ0v) is 13.9. The van der Waals surface area contributed by atoms with Crippen LogP contribution >= 0.6 is 0 Å². The van der Waals surface area contributed by atoms with Crippen molar-refractivity contribution in [3.63, 3.8) is 0 Å². The number of nitrogens with zero attached hydrogens (tertiary/aromatic N) is 5. The Morgan fingerprint density at radius 3 is 2.75 bits per heavy atom. The van der Waals surface area contributed by atoms with Crippen LogP contribution in [0.25, 0.3) is 16.6 Å². The van der Waals surface area contributed by atoms with Crippen molar-refractivity contribution >= 4 is 22.7 Å². The van der Waals surface area contributed by atoms with Crippen molar-refractivity contribution in [2.75, 3.05) is 13.1 Å². The quantitative estimate of drug-likeness (QED) is 0.855. The first kappa shape index (κ1) is 16.1. The van der Waals surface area contributed by atoms with Gasteiger partial charge >= 0.3 is 6.09 Å². The molecule has 0 saturated carbocycles. The first-order valence-corrected chi connectivity index (χ1v) is 7.67. The molecule has 0 unspecified atom stereocenters. The highest BCUT2D eigenvalue weighted by molar-refractivity contribution is 5.79. The SMILES string of the molecule is CC(C)(C)OC(=O)N1CC=C(c2ncc3ncnc(O)c3n2)CC1. The Hall–Kier alpha value is -2.77. The molecule has 0 spiro atoms. The van der Waals surface area contributed by atoms with Gasteiger partial charge in [0.05, 0.1) is 6.20 Å². The molecule has 1 aliphatic rings. The zero-order valence-electron chi connectivity index (χ0n) is 13.9. The molecule has 0 aliphatic carbocycles. The lowest BCUT2D eigenvalue weighted by Gasteiger charge is -2.29. The summed E-state index contributed by atoms with van der Waals surface area (Å²) < 4.78 is 5.37. The summed E-state index contributed by atoms with van der Waals surface area (Å²) in [6.45, 7) is 6.48. The number of carbonyl (C=O) groups excluding carboxylic acids is 1. The average molecular weight is 329 g/mol. The van der Waals surface area contributed by atoms with Gasteiger partial charge in [-0.3, -0.25) is 0 Å². The van der Waals surface area contributed by atoms with E-state index in [1.54, 1.807) is 11.1 Å². The highest BCUT2D eigenvalue weighted by atomic mass is 16.6. The third-order valence-electron chi connectivity index (χ3n) is 3.51. The molecule has 1 amide bonds. The van der Waals surface area contributed by atoms with Crippen LogP contribution in [0.15, 0.2) is 18.6 Å². The van der Waals surface area contributed by atoms with Gasteiger partial charge in [-0.25, -0.2) is 24.7 Å². The van der Waals surface area contributed by atoms with E-state index >= 15 is 0 Å². The fourth-order valence-electron chi connectivity index (χ4n) is 2.36. The number of hydrogen-bond donors (Lipinski definition) is 1. The lowest BCUT2D eigenvalue weighted by Crippen LogP contribution is -2.39. The van der Waals surface area contributed by atoms with Crippen LogP contribution in [0.5, 0.6) is 5.88 Å². The zero-order chi connectivity index (χ0) is 17.3. The van der Waals surface area contributed by atoms with Gasteiger partial charge in [-0.1, -0.05) is 6.08 Å². The molecule has 1 N–H and O–H groups in total.